The third-order valence-corrected chi connectivity index (χ3v) is 4.58. The van der Waals surface area contributed by atoms with E-state index < -0.39 is 5.97 Å². The van der Waals surface area contributed by atoms with Crippen LogP contribution in [0.3, 0.4) is 0 Å². The molecule has 2 rings (SSSR count). The van der Waals surface area contributed by atoms with E-state index in [9.17, 15) is 9.90 Å². The highest BCUT2D eigenvalue weighted by Crippen LogP contribution is 2.15. The summed E-state index contributed by atoms with van der Waals surface area (Å²) in [5, 5.41) is 12.4. The third-order valence-electron chi connectivity index (χ3n) is 4.58. The maximum absolute atomic E-state index is 11.4. The number of carboxylic acids is 1. The van der Waals surface area contributed by atoms with Crippen molar-refractivity contribution in [3.63, 3.8) is 0 Å². The van der Waals surface area contributed by atoms with Crippen molar-refractivity contribution in [2.45, 2.75) is 33.1 Å². The Kier molecular flexibility index (Phi) is 8.57. The van der Waals surface area contributed by atoms with E-state index in [1.54, 1.807) is 0 Å². The fourth-order valence-electron chi connectivity index (χ4n) is 2.87. The van der Waals surface area contributed by atoms with Crippen molar-refractivity contribution in [3.8, 4) is 6.01 Å². The predicted molar refractivity (Wildman–Crippen MR) is 101 cm³/mol. The van der Waals surface area contributed by atoms with Crippen molar-refractivity contribution in [1.29, 1.82) is 0 Å². The van der Waals surface area contributed by atoms with E-state index in [4.69, 9.17) is 4.74 Å². The molecule has 1 aliphatic heterocycles. The van der Waals surface area contributed by atoms with Gasteiger partial charge in [0.1, 0.15) is 11.4 Å². The number of rotatable bonds is 11. The minimum atomic E-state index is -1.04. The average Bonchev–Trinajstić information content (AvgIpc) is 2.66. The van der Waals surface area contributed by atoms with Crippen LogP contribution in [0.1, 0.15) is 43.5 Å². The fraction of sp³-hybridized carbons (Fsp3) is 0.722. The molecule has 1 aliphatic rings. The lowest BCUT2D eigenvalue weighted by Gasteiger charge is -2.34. The van der Waals surface area contributed by atoms with Gasteiger partial charge in [0.05, 0.1) is 12.8 Å². The van der Waals surface area contributed by atoms with Crippen LogP contribution in [0, 0.1) is 0 Å². The average molecular weight is 365 g/mol. The Labute approximate surface area is 155 Å². The molecule has 0 bridgehead atoms. The third kappa shape index (κ3) is 6.42. The van der Waals surface area contributed by atoms with Gasteiger partial charge >= 0.3 is 12.0 Å². The van der Waals surface area contributed by atoms with Gasteiger partial charge in [-0.15, -0.1) is 0 Å². The molecule has 26 heavy (non-hydrogen) atoms. The number of aromatic nitrogens is 2. The van der Waals surface area contributed by atoms with Gasteiger partial charge in [0.25, 0.3) is 0 Å². The summed E-state index contributed by atoms with van der Waals surface area (Å²) in [6.45, 7) is 12.0. The van der Waals surface area contributed by atoms with E-state index in [-0.39, 0.29) is 11.6 Å². The van der Waals surface area contributed by atoms with Gasteiger partial charge in [0, 0.05) is 32.7 Å². The van der Waals surface area contributed by atoms with Crippen molar-refractivity contribution < 1.29 is 14.6 Å². The predicted octanol–water partition coefficient (Wildman–Crippen LogP) is 1.79. The Hall–Kier alpha value is -1.93. The number of nitrogens with zero attached hydrogens (tertiary/aromatic N) is 4. The van der Waals surface area contributed by atoms with Crippen LogP contribution in [0.5, 0.6) is 6.01 Å². The zero-order valence-electron chi connectivity index (χ0n) is 15.9. The van der Waals surface area contributed by atoms with Crippen molar-refractivity contribution in [2.75, 3.05) is 57.7 Å². The second-order valence-electron chi connectivity index (χ2n) is 6.48. The molecule has 1 saturated heterocycles. The topological polar surface area (TPSA) is 90.8 Å². The number of ether oxygens (including phenoxy) is 1. The number of hydrogen-bond acceptors (Lipinski definition) is 7. The lowest BCUT2D eigenvalue weighted by Crippen LogP contribution is -2.46. The van der Waals surface area contributed by atoms with Crippen LogP contribution in [0.15, 0.2) is 6.20 Å². The molecule has 0 amide bonds. The molecule has 0 aromatic carbocycles. The Morgan fingerprint density at radius 1 is 1.23 bits per heavy atom. The number of aromatic carboxylic acids is 1. The normalized spacial score (nSPS) is 15.8. The Balaban J connectivity index is 1.81. The number of unbranched alkanes of at least 4 members (excludes halogenated alkanes) is 1. The van der Waals surface area contributed by atoms with Crippen molar-refractivity contribution in [3.05, 3.63) is 11.8 Å². The zero-order chi connectivity index (χ0) is 18.8. The first-order valence-corrected chi connectivity index (χ1v) is 9.55. The smallest absolute Gasteiger partial charge is 0.341 e. The summed E-state index contributed by atoms with van der Waals surface area (Å²) < 4.78 is 5.48. The van der Waals surface area contributed by atoms with Crippen molar-refractivity contribution in [1.82, 2.24) is 19.8 Å². The summed E-state index contributed by atoms with van der Waals surface area (Å²) in [7, 11) is 0. The number of carbonyl (C=O) groups is 1. The maximum Gasteiger partial charge on any atom is 0.341 e. The first kappa shape index (κ1) is 20.4. The van der Waals surface area contributed by atoms with E-state index in [2.05, 4.69) is 38.9 Å². The summed E-state index contributed by atoms with van der Waals surface area (Å²) in [4.78, 5) is 24.5. The van der Waals surface area contributed by atoms with Crippen LogP contribution >= 0.6 is 0 Å². The van der Waals surface area contributed by atoms with Gasteiger partial charge in [-0.25, -0.2) is 9.78 Å². The summed E-state index contributed by atoms with van der Waals surface area (Å²) in [5.74, 6) is -0.710. The van der Waals surface area contributed by atoms with Gasteiger partial charge < -0.3 is 25.0 Å². The van der Waals surface area contributed by atoms with Gasteiger partial charge in [0.15, 0.2) is 0 Å². The van der Waals surface area contributed by atoms with Crippen LogP contribution < -0.4 is 10.1 Å². The molecule has 1 fully saturated rings. The number of likely N-dealkylation sites (N-methyl/N-ethyl adjacent to an activating group) is 1. The highest BCUT2D eigenvalue weighted by Gasteiger charge is 2.16. The van der Waals surface area contributed by atoms with Gasteiger partial charge in [-0.05, 0) is 25.9 Å². The molecule has 1 aromatic heterocycles. The van der Waals surface area contributed by atoms with Crippen LogP contribution in [-0.2, 0) is 0 Å². The van der Waals surface area contributed by atoms with E-state index in [0.717, 1.165) is 58.5 Å². The highest BCUT2D eigenvalue weighted by molar-refractivity contribution is 5.92. The van der Waals surface area contributed by atoms with Crippen molar-refractivity contribution >= 4 is 11.8 Å². The molecule has 0 saturated carbocycles. The number of hydrogen-bond donors (Lipinski definition) is 2. The maximum atomic E-state index is 11.4. The molecule has 1 aromatic rings. The molecule has 2 heterocycles. The Morgan fingerprint density at radius 3 is 2.62 bits per heavy atom. The van der Waals surface area contributed by atoms with Gasteiger partial charge in [0.2, 0.25) is 0 Å². The molecular formula is C18H31N5O3. The van der Waals surface area contributed by atoms with E-state index in [0.29, 0.717) is 19.0 Å². The molecule has 8 nitrogen and oxygen atoms in total. The fourth-order valence-corrected chi connectivity index (χ4v) is 2.87. The summed E-state index contributed by atoms with van der Waals surface area (Å²) in [5.41, 5.74) is 0.0735. The number of carboxylic acid groups (broad SMARTS) is 1. The van der Waals surface area contributed by atoms with Crippen LogP contribution in [0.2, 0.25) is 0 Å². The first-order valence-electron chi connectivity index (χ1n) is 9.55. The molecule has 0 radical (unpaired) electrons. The molecule has 2 N–H and O–H groups in total. The molecule has 0 spiro atoms. The number of anilines is 1. The number of nitrogens with one attached hydrogen (secondary N) is 1. The van der Waals surface area contributed by atoms with E-state index in [1.807, 2.05) is 0 Å². The molecule has 0 aliphatic carbocycles. The van der Waals surface area contributed by atoms with Crippen LogP contribution in [-0.4, -0.2) is 83.3 Å². The standard InChI is InChI=1S/C18H31N5O3/c1-3-5-13-26-18-20-14-15(17(24)25)16(21-18)19-7-6-8-23-11-9-22(4-2)10-12-23/h14H,3-13H2,1-2H3,(H,24,25)(H,19,20,21). The monoisotopic (exact) mass is 365 g/mol. The lowest BCUT2D eigenvalue weighted by atomic mass is 10.2. The highest BCUT2D eigenvalue weighted by atomic mass is 16.5. The van der Waals surface area contributed by atoms with E-state index >= 15 is 0 Å². The minimum absolute atomic E-state index is 0.0735. The SMILES string of the molecule is CCCCOc1ncc(C(=O)O)c(NCCCN2CCN(CC)CC2)n1. The van der Waals surface area contributed by atoms with Gasteiger partial charge in [-0.2, -0.15) is 4.98 Å². The largest absolute Gasteiger partial charge is 0.477 e. The Morgan fingerprint density at radius 2 is 1.96 bits per heavy atom. The van der Waals surface area contributed by atoms with Crippen molar-refractivity contribution in [2.24, 2.45) is 0 Å². The molecule has 8 heteroatoms. The van der Waals surface area contributed by atoms with E-state index in [1.165, 1.54) is 6.20 Å². The zero-order valence-corrected chi connectivity index (χ0v) is 15.9. The Bertz CT molecular complexity index is 562. The second kappa shape index (κ2) is 10.9. The molecule has 0 atom stereocenters. The lowest BCUT2D eigenvalue weighted by molar-refractivity contribution is 0.0697. The molecule has 146 valence electrons. The second-order valence-corrected chi connectivity index (χ2v) is 6.48. The minimum Gasteiger partial charge on any atom is -0.477 e. The first-order chi connectivity index (χ1) is 12.6. The number of piperazine rings is 1. The van der Waals surface area contributed by atoms with Gasteiger partial charge in [-0.1, -0.05) is 20.3 Å². The summed E-state index contributed by atoms with van der Waals surface area (Å²) in [6.07, 6.45) is 4.17. The summed E-state index contributed by atoms with van der Waals surface area (Å²) >= 11 is 0. The van der Waals surface area contributed by atoms with Crippen LogP contribution in [0.25, 0.3) is 0 Å². The quantitative estimate of drug-likeness (QED) is 0.574. The summed E-state index contributed by atoms with van der Waals surface area (Å²) in [6, 6.07) is 0.224. The molecule has 0 unspecified atom stereocenters. The van der Waals surface area contributed by atoms with Crippen LogP contribution in [0.4, 0.5) is 5.82 Å². The molecular weight excluding hydrogens is 334 g/mol. The van der Waals surface area contributed by atoms with Gasteiger partial charge in [-0.3, -0.25) is 0 Å².